The number of carbonyl (C=O) groups is 1. The van der Waals surface area contributed by atoms with Gasteiger partial charge in [0.05, 0.1) is 5.69 Å². The van der Waals surface area contributed by atoms with Crippen molar-refractivity contribution >= 4 is 49.0 Å². The zero-order valence-electron chi connectivity index (χ0n) is 19.3. The minimum atomic E-state index is -0.291. The number of allylic oxidation sites excluding steroid dienone is 5. The molecule has 0 amide bonds. The fourth-order valence-corrected chi connectivity index (χ4v) is 4.55. The van der Waals surface area contributed by atoms with Gasteiger partial charge in [0, 0.05) is 31.2 Å². The predicted octanol–water partition coefficient (Wildman–Crippen LogP) is 9.23. The van der Waals surface area contributed by atoms with Crippen LogP contribution in [0.15, 0.2) is 96.6 Å². The van der Waals surface area contributed by atoms with E-state index in [0.717, 1.165) is 42.6 Å². The minimum Gasteiger partial charge on any atom is -0.289 e. The molecule has 0 spiro atoms. The SMILES string of the molecule is CC(C)(C)C1=CC(=C(N=Nc2ccc(Br)cc2Br)c2ccccc2)C=C(C(C)(C)C)C1=O. The highest BCUT2D eigenvalue weighted by atomic mass is 79.9. The molecular weight excluding hydrogens is 528 g/mol. The van der Waals surface area contributed by atoms with Crippen molar-refractivity contribution in [3.63, 3.8) is 0 Å². The number of carbonyl (C=O) groups excluding carboxylic acids is 1. The summed E-state index contributed by atoms with van der Waals surface area (Å²) in [5.41, 5.74) is 4.29. The van der Waals surface area contributed by atoms with Crippen LogP contribution >= 0.6 is 31.9 Å². The van der Waals surface area contributed by atoms with Gasteiger partial charge in [0.1, 0.15) is 5.70 Å². The zero-order chi connectivity index (χ0) is 23.7. The maximum absolute atomic E-state index is 13.4. The van der Waals surface area contributed by atoms with Crippen LogP contribution in [-0.4, -0.2) is 5.78 Å². The number of nitrogens with zero attached hydrogens (tertiary/aromatic N) is 2. The highest BCUT2D eigenvalue weighted by Crippen LogP contribution is 2.41. The maximum atomic E-state index is 13.4. The summed E-state index contributed by atoms with van der Waals surface area (Å²) in [6.07, 6.45) is 3.96. The second-order valence-corrected chi connectivity index (χ2v) is 11.7. The van der Waals surface area contributed by atoms with Crippen LogP contribution in [0.25, 0.3) is 5.70 Å². The molecule has 0 heterocycles. The second-order valence-electron chi connectivity index (χ2n) is 9.91. The number of ketones is 1. The molecule has 0 aromatic heterocycles. The molecule has 2 aromatic rings. The molecule has 0 radical (unpaired) electrons. The summed E-state index contributed by atoms with van der Waals surface area (Å²) in [7, 11) is 0. The Kier molecular flexibility index (Phi) is 7.21. The van der Waals surface area contributed by atoms with Gasteiger partial charge in [-0.15, -0.1) is 10.2 Å². The van der Waals surface area contributed by atoms with Crippen LogP contribution in [0, 0.1) is 10.8 Å². The van der Waals surface area contributed by atoms with Crippen LogP contribution in [0.3, 0.4) is 0 Å². The van der Waals surface area contributed by atoms with Gasteiger partial charge in [-0.3, -0.25) is 4.79 Å². The van der Waals surface area contributed by atoms with Crippen molar-refractivity contribution < 1.29 is 4.79 Å². The third-order valence-corrected chi connectivity index (χ3v) is 6.32. The van der Waals surface area contributed by atoms with Crippen molar-refractivity contribution in [3.05, 3.63) is 91.9 Å². The third kappa shape index (κ3) is 5.62. The van der Waals surface area contributed by atoms with Crippen LogP contribution in [0.4, 0.5) is 5.69 Å². The standard InChI is InChI=1S/C27H28Br2N2O/c1-26(2,3)20-14-18(15-21(25(20)32)27(4,5)6)24(17-10-8-7-9-11-17)31-30-23-13-12-19(28)16-22(23)29/h7-16H,1-6H3. The molecule has 0 aliphatic heterocycles. The number of hydrogen-bond donors (Lipinski definition) is 0. The molecule has 5 heteroatoms. The molecule has 166 valence electrons. The normalized spacial score (nSPS) is 15.1. The number of halogens is 2. The molecule has 0 unspecified atom stereocenters. The average molecular weight is 556 g/mol. The average Bonchev–Trinajstić information content (AvgIpc) is 2.69. The van der Waals surface area contributed by atoms with Crippen LogP contribution < -0.4 is 0 Å². The van der Waals surface area contributed by atoms with Crippen molar-refractivity contribution in [3.8, 4) is 0 Å². The van der Waals surface area contributed by atoms with Crippen molar-refractivity contribution in [1.29, 1.82) is 0 Å². The van der Waals surface area contributed by atoms with Crippen LogP contribution in [-0.2, 0) is 4.79 Å². The Morgan fingerprint density at radius 3 is 1.88 bits per heavy atom. The lowest BCUT2D eigenvalue weighted by atomic mass is 9.71. The van der Waals surface area contributed by atoms with E-state index in [1.807, 2.05) is 60.7 Å². The Balaban J connectivity index is 2.28. The Morgan fingerprint density at radius 1 is 0.812 bits per heavy atom. The predicted molar refractivity (Wildman–Crippen MR) is 140 cm³/mol. The Morgan fingerprint density at radius 2 is 1.38 bits per heavy atom. The van der Waals surface area contributed by atoms with E-state index >= 15 is 0 Å². The Hall–Kier alpha value is -2.11. The first-order valence-electron chi connectivity index (χ1n) is 10.5. The van der Waals surface area contributed by atoms with Gasteiger partial charge in [-0.25, -0.2) is 0 Å². The summed E-state index contributed by atoms with van der Waals surface area (Å²) in [6, 6.07) is 15.8. The van der Waals surface area contributed by atoms with E-state index in [1.165, 1.54) is 0 Å². The molecule has 3 nitrogen and oxygen atoms in total. The van der Waals surface area contributed by atoms with E-state index in [4.69, 9.17) is 5.11 Å². The number of rotatable bonds is 3. The molecule has 0 fully saturated rings. The lowest BCUT2D eigenvalue weighted by Gasteiger charge is -2.31. The lowest BCUT2D eigenvalue weighted by Crippen LogP contribution is -2.28. The number of benzene rings is 2. The highest BCUT2D eigenvalue weighted by molar-refractivity contribution is 9.11. The molecule has 0 N–H and O–H groups in total. The number of hydrogen-bond acceptors (Lipinski definition) is 3. The van der Waals surface area contributed by atoms with E-state index in [-0.39, 0.29) is 16.6 Å². The quantitative estimate of drug-likeness (QED) is 0.348. The van der Waals surface area contributed by atoms with Gasteiger partial charge < -0.3 is 0 Å². The second kappa shape index (κ2) is 9.40. The molecule has 32 heavy (non-hydrogen) atoms. The molecule has 0 atom stereocenters. The van der Waals surface area contributed by atoms with Crippen molar-refractivity contribution in [2.75, 3.05) is 0 Å². The van der Waals surface area contributed by atoms with Crippen molar-refractivity contribution in [2.45, 2.75) is 41.5 Å². The first kappa shape index (κ1) is 24.5. The topological polar surface area (TPSA) is 41.8 Å². The summed E-state index contributed by atoms with van der Waals surface area (Å²) in [6.45, 7) is 12.4. The van der Waals surface area contributed by atoms with Gasteiger partial charge in [0.15, 0.2) is 5.78 Å². The highest BCUT2D eigenvalue weighted by Gasteiger charge is 2.34. The molecule has 3 rings (SSSR count). The van der Waals surface area contributed by atoms with E-state index in [1.54, 1.807) is 0 Å². The fourth-order valence-electron chi connectivity index (χ4n) is 3.42. The van der Waals surface area contributed by atoms with E-state index in [0.29, 0.717) is 0 Å². The molecular formula is C27H28Br2N2O. The van der Waals surface area contributed by atoms with E-state index in [9.17, 15) is 4.79 Å². The van der Waals surface area contributed by atoms with Crippen molar-refractivity contribution in [1.82, 2.24) is 0 Å². The number of azo groups is 1. The van der Waals surface area contributed by atoms with Crippen molar-refractivity contribution in [2.24, 2.45) is 21.1 Å². The molecule has 2 aromatic carbocycles. The molecule has 1 aliphatic rings. The fraction of sp³-hybridized carbons (Fsp3) is 0.296. The first-order chi connectivity index (χ1) is 14.9. The van der Waals surface area contributed by atoms with Gasteiger partial charge in [0.2, 0.25) is 0 Å². The summed E-state index contributed by atoms with van der Waals surface area (Å²) < 4.78 is 1.81. The third-order valence-electron chi connectivity index (χ3n) is 5.19. The Bertz CT molecular complexity index is 1120. The van der Waals surface area contributed by atoms with Gasteiger partial charge in [-0.1, -0.05) is 87.8 Å². The monoisotopic (exact) mass is 554 g/mol. The maximum Gasteiger partial charge on any atom is 0.186 e. The van der Waals surface area contributed by atoms with Gasteiger partial charge in [0.25, 0.3) is 0 Å². The van der Waals surface area contributed by atoms with Gasteiger partial charge >= 0.3 is 0 Å². The van der Waals surface area contributed by atoms with Gasteiger partial charge in [-0.05, 0) is 57.1 Å². The van der Waals surface area contributed by atoms with E-state index < -0.39 is 0 Å². The minimum absolute atomic E-state index is 0.105. The van der Waals surface area contributed by atoms with Crippen LogP contribution in [0.5, 0.6) is 0 Å². The van der Waals surface area contributed by atoms with Crippen LogP contribution in [0.2, 0.25) is 0 Å². The zero-order valence-corrected chi connectivity index (χ0v) is 22.5. The summed E-state index contributed by atoms with van der Waals surface area (Å²) in [5, 5.41) is 9.24. The largest absolute Gasteiger partial charge is 0.289 e. The van der Waals surface area contributed by atoms with Crippen LogP contribution in [0.1, 0.15) is 47.1 Å². The molecule has 1 aliphatic carbocycles. The Labute approximate surface area is 207 Å². The van der Waals surface area contributed by atoms with E-state index in [2.05, 4.69) is 78.5 Å². The summed E-state index contributed by atoms with van der Waals surface area (Å²) in [5.74, 6) is 0.105. The van der Waals surface area contributed by atoms with Gasteiger partial charge in [-0.2, -0.15) is 0 Å². The molecule has 0 saturated heterocycles. The first-order valence-corrected chi connectivity index (χ1v) is 12.1. The lowest BCUT2D eigenvalue weighted by molar-refractivity contribution is -0.114. The molecule has 0 bridgehead atoms. The smallest absolute Gasteiger partial charge is 0.186 e. The summed E-state index contributed by atoms with van der Waals surface area (Å²) in [4.78, 5) is 13.4. The molecule has 0 saturated carbocycles. The number of Topliss-reactive ketones (excluding diaryl/α,β-unsaturated/α-hetero) is 1. The summed E-state index contributed by atoms with van der Waals surface area (Å²) >= 11 is 7.03.